The van der Waals surface area contributed by atoms with Gasteiger partial charge in [-0.25, -0.2) is 0 Å². The Balaban J connectivity index is 1.44. The van der Waals surface area contributed by atoms with Gasteiger partial charge < -0.3 is 19.7 Å². The van der Waals surface area contributed by atoms with Gasteiger partial charge >= 0.3 is 0 Å². The number of piperidine rings is 1. The number of nitrogens with one attached hydrogen (secondary N) is 1. The van der Waals surface area contributed by atoms with E-state index in [-0.39, 0.29) is 12.1 Å². The van der Waals surface area contributed by atoms with Crippen LogP contribution in [0.1, 0.15) is 38.0 Å². The van der Waals surface area contributed by atoms with Crippen LogP contribution < -0.4 is 5.32 Å². The van der Waals surface area contributed by atoms with Crippen LogP contribution in [0.4, 0.5) is 0 Å². The van der Waals surface area contributed by atoms with Crippen molar-refractivity contribution >= 4 is 22.6 Å². The average Bonchev–Trinajstić information content (AvgIpc) is 2.96. The van der Waals surface area contributed by atoms with Crippen LogP contribution in [-0.4, -0.2) is 42.3 Å². The van der Waals surface area contributed by atoms with Gasteiger partial charge in [-0.1, -0.05) is 11.6 Å². The Bertz CT molecular complexity index is 635. The van der Waals surface area contributed by atoms with Crippen molar-refractivity contribution in [3.8, 4) is 0 Å². The molecular weight excluding hydrogens is 312 g/mol. The van der Waals surface area contributed by atoms with E-state index in [0.29, 0.717) is 0 Å². The van der Waals surface area contributed by atoms with Crippen LogP contribution in [0.5, 0.6) is 0 Å². The van der Waals surface area contributed by atoms with Crippen molar-refractivity contribution in [3.05, 3.63) is 35.0 Å². The van der Waals surface area contributed by atoms with Gasteiger partial charge in [0.2, 0.25) is 0 Å². The van der Waals surface area contributed by atoms with Crippen LogP contribution in [0.3, 0.4) is 0 Å². The zero-order chi connectivity index (χ0) is 16.2. The van der Waals surface area contributed by atoms with Crippen molar-refractivity contribution in [3.63, 3.8) is 0 Å². The fraction of sp³-hybridized carbons (Fsp3) is 0.556. The van der Waals surface area contributed by atoms with Gasteiger partial charge in [-0.05, 0) is 63.5 Å². The standard InChI is InChI=1S/C18H25ClN2O2/c1-13(18-12-14-11-15(19)3-4-17(14)23-18)20-7-2-8-21-9-5-16(22)6-10-21/h3-4,11-13,16,20,22H,2,5-10H2,1H3/t13-/m1/s1. The maximum absolute atomic E-state index is 9.52. The minimum atomic E-state index is -0.0917. The molecule has 1 atom stereocenters. The van der Waals surface area contributed by atoms with Gasteiger partial charge in [0.1, 0.15) is 11.3 Å². The van der Waals surface area contributed by atoms with E-state index in [1.165, 1.54) is 0 Å². The summed E-state index contributed by atoms with van der Waals surface area (Å²) in [6.45, 7) is 6.19. The lowest BCUT2D eigenvalue weighted by Crippen LogP contribution is -2.37. The molecule has 0 radical (unpaired) electrons. The molecule has 1 aromatic heterocycles. The SMILES string of the molecule is C[C@@H](NCCCN1CCC(O)CC1)c1cc2cc(Cl)ccc2o1. The highest BCUT2D eigenvalue weighted by Crippen LogP contribution is 2.26. The van der Waals surface area contributed by atoms with Crippen molar-refractivity contribution < 1.29 is 9.52 Å². The van der Waals surface area contributed by atoms with Crippen molar-refractivity contribution in [2.24, 2.45) is 0 Å². The highest BCUT2D eigenvalue weighted by atomic mass is 35.5. The summed E-state index contributed by atoms with van der Waals surface area (Å²) in [6, 6.07) is 7.94. The first-order valence-corrected chi connectivity index (χ1v) is 8.82. The van der Waals surface area contributed by atoms with Gasteiger partial charge in [-0.2, -0.15) is 0 Å². The third-order valence-corrected chi connectivity index (χ3v) is 4.82. The Labute approximate surface area is 142 Å². The normalized spacial score (nSPS) is 18.6. The Morgan fingerprint density at radius 2 is 2.13 bits per heavy atom. The fourth-order valence-electron chi connectivity index (χ4n) is 3.11. The first kappa shape index (κ1) is 16.8. The number of fused-ring (bicyclic) bond motifs is 1. The third kappa shape index (κ3) is 4.48. The average molecular weight is 337 g/mol. The molecule has 0 aliphatic carbocycles. The van der Waals surface area contributed by atoms with E-state index in [1.807, 2.05) is 18.2 Å². The first-order valence-electron chi connectivity index (χ1n) is 8.44. The molecule has 5 heteroatoms. The zero-order valence-corrected chi connectivity index (χ0v) is 14.4. The number of furan rings is 1. The summed E-state index contributed by atoms with van der Waals surface area (Å²) in [5.74, 6) is 0.948. The maximum atomic E-state index is 9.52. The van der Waals surface area contributed by atoms with Crippen LogP contribution in [0.15, 0.2) is 28.7 Å². The number of likely N-dealkylation sites (tertiary alicyclic amines) is 1. The molecule has 0 saturated carbocycles. The monoisotopic (exact) mass is 336 g/mol. The van der Waals surface area contributed by atoms with Gasteiger partial charge in [0.15, 0.2) is 0 Å². The van der Waals surface area contributed by atoms with Gasteiger partial charge in [0.25, 0.3) is 0 Å². The van der Waals surface area contributed by atoms with Crippen molar-refractivity contribution in [1.82, 2.24) is 10.2 Å². The number of benzene rings is 1. The quantitative estimate of drug-likeness (QED) is 0.792. The minimum Gasteiger partial charge on any atom is -0.459 e. The second kappa shape index (κ2) is 7.67. The zero-order valence-electron chi connectivity index (χ0n) is 13.6. The molecule has 0 bridgehead atoms. The summed E-state index contributed by atoms with van der Waals surface area (Å²) in [7, 11) is 0. The molecule has 1 aromatic carbocycles. The van der Waals surface area contributed by atoms with E-state index in [4.69, 9.17) is 16.0 Å². The highest BCUT2D eigenvalue weighted by Gasteiger charge is 2.16. The lowest BCUT2D eigenvalue weighted by molar-refractivity contribution is 0.0820. The van der Waals surface area contributed by atoms with Crippen LogP contribution in [0.2, 0.25) is 5.02 Å². The number of hydrogen-bond donors (Lipinski definition) is 2. The van der Waals surface area contributed by atoms with E-state index >= 15 is 0 Å². The summed E-state index contributed by atoms with van der Waals surface area (Å²) in [5, 5.41) is 14.8. The number of aliphatic hydroxyl groups is 1. The van der Waals surface area contributed by atoms with Gasteiger partial charge in [-0.15, -0.1) is 0 Å². The second-order valence-electron chi connectivity index (χ2n) is 6.43. The van der Waals surface area contributed by atoms with Crippen molar-refractivity contribution in [1.29, 1.82) is 0 Å². The maximum Gasteiger partial charge on any atom is 0.134 e. The molecule has 2 heterocycles. The lowest BCUT2D eigenvalue weighted by atomic mass is 10.1. The van der Waals surface area contributed by atoms with E-state index in [9.17, 15) is 5.11 Å². The predicted octanol–water partition coefficient (Wildman–Crippen LogP) is 3.58. The molecule has 0 spiro atoms. The Hall–Kier alpha value is -1.07. The summed E-state index contributed by atoms with van der Waals surface area (Å²) in [5.41, 5.74) is 0.880. The van der Waals surface area contributed by atoms with Gasteiger partial charge in [0.05, 0.1) is 12.1 Å². The molecule has 3 rings (SSSR count). The fourth-order valence-corrected chi connectivity index (χ4v) is 3.29. The Morgan fingerprint density at radius 1 is 1.35 bits per heavy atom. The number of aliphatic hydroxyl groups excluding tert-OH is 1. The molecule has 0 amide bonds. The molecular formula is C18H25ClN2O2. The predicted molar refractivity (Wildman–Crippen MR) is 93.9 cm³/mol. The minimum absolute atomic E-state index is 0.0917. The molecule has 2 aromatic rings. The van der Waals surface area contributed by atoms with E-state index < -0.39 is 0 Å². The molecule has 126 valence electrons. The molecule has 1 aliphatic heterocycles. The molecule has 0 unspecified atom stereocenters. The molecule has 1 aliphatic rings. The third-order valence-electron chi connectivity index (χ3n) is 4.58. The van der Waals surface area contributed by atoms with Crippen LogP contribution in [0.25, 0.3) is 11.0 Å². The molecule has 4 nitrogen and oxygen atoms in total. The van der Waals surface area contributed by atoms with Crippen LogP contribution >= 0.6 is 11.6 Å². The lowest BCUT2D eigenvalue weighted by Gasteiger charge is -2.29. The topological polar surface area (TPSA) is 48.6 Å². The molecule has 2 N–H and O–H groups in total. The van der Waals surface area contributed by atoms with Crippen molar-refractivity contribution in [2.75, 3.05) is 26.2 Å². The summed E-state index contributed by atoms with van der Waals surface area (Å²) in [4.78, 5) is 2.43. The molecule has 23 heavy (non-hydrogen) atoms. The smallest absolute Gasteiger partial charge is 0.134 e. The van der Waals surface area contributed by atoms with E-state index in [1.54, 1.807) is 0 Å². The Morgan fingerprint density at radius 3 is 2.91 bits per heavy atom. The van der Waals surface area contributed by atoms with Gasteiger partial charge in [0, 0.05) is 23.5 Å². The van der Waals surface area contributed by atoms with Gasteiger partial charge in [-0.3, -0.25) is 0 Å². The first-order chi connectivity index (χ1) is 11.1. The Kier molecular flexibility index (Phi) is 5.59. The van der Waals surface area contributed by atoms with E-state index in [2.05, 4.69) is 23.2 Å². The number of nitrogens with zero attached hydrogens (tertiary/aromatic N) is 1. The molecule has 1 saturated heterocycles. The number of halogens is 1. The van der Waals surface area contributed by atoms with E-state index in [0.717, 1.165) is 67.2 Å². The molecule has 1 fully saturated rings. The number of rotatable bonds is 6. The summed E-state index contributed by atoms with van der Waals surface area (Å²) >= 11 is 6.02. The second-order valence-corrected chi connectivity index (χ2v) is 6.87. The van der Waals surface area contributed by atoms with Crippen molar-refractivity contribution in [2.45, 2.75) is 38.3 Å². The van der Waals surface area contributed by atoms with Crippen LogP contribution in [-0.2, 0) is 0 Å². The number of hydrogen-bond acceptors (Lipinski definition) is 4. The summed E-state index contributed by atoms with van der Waals surface area (Å²) in [6.07, 6.45) is 2.83. The highest BCUT2D eigenvalue weighted by molar-refractivity contribution is 6.31. The summed E-state index contributed by atoms with van der Waals surface area (Å²) < 4.78 is 5.88. The largest absolute Gasteiger partial charge is 0.459 e. The van der Waals surface area contributed by atoms with Crippen LogP contribution in [0, 0.1) is 0 Å².